The van der Waals surface area contributed by atoms with E-state index in [1.165, 1.54) is 0 Å². The summed E-state index contributed by atoms with van der Waals surface area (Å²) in [5, 5.41) is 3.41. The average Bonchev–Trinajstić information content (AvgIpc) is 2.27. The molecule has 1 aromatic heterocycles. The fraction of sp³-hybridized carbons (Fsp3) is 0.583. The molecule has 0 saturated heterocycles. The van der Waals surface area contributed by atoms with Crippen LogP contribution in [0.4, 0.5) is 0 Å². The molecule has 0 aromatic carbocycles. The molecule has 16 heavy (non-hydrogen) atoms. The van der Waals surface area contributed by atoms with Crippen molar-refractivity contribution in [2.75, 3.05) is 20.8 Å². The second-order valence-electron chi connectivity index (χ2n) is 4.38. The van der Waals surface area contributed by atoms with E-state index in [0.717, 1.165) is 12.1 Å². The highest BCUT2D eigenvalue weighted by molar-refractivity contribution is 5.17. The van der Waals surface area contributed by atoms with E-state index in [-0.39, 0.29) is 5.54 Å². The minimum absolute atomic E-state index is 0.0331. The van der Waals surface area contributed by atoms with Gasteiger partial charge >= 0.3 is 0 Å². The Labute approximate surface area is 97.0 Å². The summed E-state index contributed by atoms with van der Waals surface area (Å²) in [5.74, 6) is 0.639. The van der Waals surface area contributed by atoms with Crippen molar-refractivity contribution in [3.8, 4) is 5.88 Å². The first-order chi connectivity index (χ1) is 7.57. The molecule has 1 rings (SSSR count). The van der Waals surface area contributed by atoms with E-state index in [1.807, 2.05) is 18.3 Å². The molecule has 4 heteroatoms. The highest BCUT2D eigenvalue weighted by Gasteiger charge is 2.16. The molecule has 0 spiro atoms. The number of nitrogens with one attached hydrogen (secondary N) is 1. The van der Waals surface area contributed by atoms with Gasteiger partial charge in [-0.2, -0.15) is 0 Å². The Bertz CT molecular complexity index is 309. The van der Waals surface area contributed by atoms with Crippen molar-refractivity contribution in [2.24, 2.45) is 0 Å². The monoisotopic (exact) mass is 224 g/mol. The van der Waals surface area contributed by atoms with Crippen LogP contribution in [-0.4, -0.2) is 31.3 Å². The molecule has 0 aliphatic carbocycles. The predicted molar refractivity (Wildman–Crippen MR) is 63.6 cm³/mol. The molecule has 0 aliphatic rings. The largest absolute Gasteiger partial charge is 0.481 e. The van der Waals surface area contributed by atoms with Crippen molar-refractivity contribution in [2.45, 2.75) is 25.9 Å². The molecule has 0 unspecified atom stereocenters. The van der Waals surface area contributed by atoms with Crippen molar-refractivity contribution < 1.29 is 9.47 Å². The molecule has 1 aromatic rings. The lowest BCUT2D eigenvalue weighted by molar-refractivity contribution is 0.127. The molecule has 0 aliphatic heterocycles. The first-order valence-electron chi connectivity index (χ1n) is 5.30. The molecule has 90 valence electrons. The van der Waals surface area contributed by atoms with Gasteiger partial charge in [0.2, 0.25) is 5.88 Å². The second-order valence-corrected chi connectivity index (χ2v) is 4.38. The third kappa shape index (κ3) is 4.16. The van der Waals surface area contributed by atoms with Gasteiger partial charge in [0.1, 0.15) is 0 Å². The van der Waals surface area contributed by atoms with Gasteiger partial charge in [-0.05, 0) is 19.4 Å². The number of nitrogens with zero attached hydrogens (tertiary/aromatic N) is 1. The molecule has 0 radical (unpaired) electrons. The van der Waals surface area contributed by atoms with Gasteiger partial charge in [0.25, 0.3) is 0 Å². The van der Waals surface area contributed by atoms with Gasteiger partial charge in [-0.25, -0.2) is 4.98 Å². The van der Waals surface area contributed by atoms with E-state index in [2.05, 4.69) is 24.1 Å². The fourth-order valence-electron chi connectivity index (χ4n) is 1.39. The van der Waals surface area contributed by atoms with Crippen LogP contribution in [0.2, 0.25) is 0 Å². The topological polar surface area (TPSA) is 43.4 Å². The predicted octanol–water partition coefficient (Wildman–Crippen LogP) is 1.60. The van der Waals surface area contributed by atoms with Crippen molar-refractivity contribution in [3.63, 3.8) is 0 Å². The van der Waals surface area contributed by atoms with Crippen LogP contribution in [0.3, 0.4) is 0 Å². The van der Waals surface area contributed by atoms with Crippen LogP contribution in [-0.2, 0) is 11.3 Å². The summed E-state index contributed by atoms with van der Waals surface area (Å²) in [6.07, 6.45) is 1.81. The summed E-state index contributed by atoms with van der Waals surface area (Å²) >= 11 is 0. The summed E-state index contributed by atoms with van der Waals surface area (Å²) in [4.78, 5) is 4.15. The lowest BCUT2D eigenvalue weighted by Gasteiger charge is -2.25. The van der Waals surface area contributed by atoms with E-state index in [0.29, 0.717) is 12.5 Å². The highest BCUT2D eigenvalue weighted by atomic mass is 16.5. The zero-order valence-corrected chi connectivity index (χ0v) is 10.4. The number of rotatable bonds is 6. The van der Waals surface area contributed by atoms with Gasteiger partial charge in [-0.15, -0.1) is 0 Å². The number of methoxy groups -OCH3 is 2. The van der Waals surface area contributed by atoms with Gasteiger partial charge in [-0.3, -0.25) is 0 Å². The molecule has 1 N–H and O–H groups in total. The number of hydrogen-bond donors (Lipinski definition) is 1. The first-order valence-corrected chi connectivity index (χ1v) is 5.30. The number of aromatic nitrogens is 1. The molecule has 0 bridgehead atoms. The smallest absolute Gasteiger partial charge is 0.212 e. The van der Waals surface area contributed by atoms with Crippen LogP contribution in [0.15, 0.2) is 18.3 Å². The first kappa shape index (κ1) is 12.9. The van der Waals surface area contributed by atoms with E-state index >= 15 is 0 Å². The molecule has 0 atom stereocenters. The van der Waals surface area contributed by atoms with Gasteiger partial charge in [-0.1, -0.05) is 6.07 Å². The van der Waals surface area contributed by atoms with E-state index in [9.17, 15) is 0 Å². The zero-order valence-electron chi connectivity index (χ0n) is 10.4. The standard InChI is InChI=1S/C12H20N2O2/c1-12(2,9-15-3)14-8-10-5-6-11(16-4)13-7-10/h5-7,14H,8-9H2,1-4H3. The number of hydrogen-bond acceptors (Lipinski definition) is 4. The maximum absolute atomic E-state index is 5.13. The minimum atomic E-state index is -0.0331. The molecule has 0 saturated carbocycles. The average molecular weight is 224 g/mol. The van der Waals surface area contributed by atoms with Gasteiger partial charge in [0.05, 0.1) is 13.7 Å². The summed E-state index contributed by atoms with van der Waals surface area (Å²) in [6.45, 7) is 5.66. The lowest BCUT2D eigenvalue weighted by atomic mass is 10.1. The van der Waals surface area contributed by atoms with Crippen LogP contribution < -0.4 is 10.1 Å². The molecule has 4 nitrogen and oxygen atoms in total. The Kier molecular flexibility index (Phi) is 4.71. The Hall–Kier alpha value is -1.13. The van der Waals surface area contributed by atoms with E-state index in [4.69, 9.17) is 9.47 Å². The molecular weight excluding hydrogens is 204 g/mol. The summed E-state index contributed by atoms with van der Waals surface area (Å²) in [7, 11) is 3.32. The number of ether oxygens (including phenoxy) is 2. The molecule has 0 amide bonds. The van der Waals surface area contributed by atoms with Gasteiger partial charge < -0.3 is 14.8 Å². The zero-order chi connectivity index (χ0) is 12.0. The number of pyridine rings is 1. The third-order valence-corrected chi connectivity index (χ3v) is 2.28. The maximum atomic E-state index is 5.13. The Morgan fingerprint density at radius 3 is 2.56 bits per heavy atom. The Morgan fingerprint density at radius 1 is 1.31 bits per heavy atom. The Balaban J connectivity index is 2.48. The Morgan fingerprint density at radius 2 is 2.06 bits per heavy atom. The van der Waals surface area contributed by atoms with Crippen LogP contribution >= 0.6 is 0 Å². The molecule has 1 heterocycles. The van der Waals surface area contributed by atoms with Crippen LogP contribution in [0.5, 0.6) is 5.88 Å². The van der Waals surface area contributed by atoms with Crippen molar-refractivity contribution in [1.82, 2.24) is 10.3 Å². The molecular formula is C12H20N2O2. The van der Waals surface area contributed by atoms with E-state index < -0.39 is 0 Å². The van der Waals surface area contributed by atoms with Crippen molar-refractivity contribution in [3.05, 3.63) is 23.9 Å². The normalized spacial score (nSPS) is 11.5. The summed E-state index contributed by atoms with van der Waals surface area (Å²) in [5.41, 5.74) is 1.10. The SMILES string of the molecule is COCC(C)(C)NCc1ccc(OC)nc1. The van der Waals surface area contributed by atoms with E-state index in [1.54, 1.807) is 14.2 Å². The minimum Gasteiger partial charge on any atom is -0.481 e. The fourth-order valence-corrected chi connectivity index (χ4v) is 1.39. The highest BCUT2D eigenvalue weighted by Crippen LogP contribution is 2.08. The second kappa shape index (κ2) is 5.82. The van der Waals surface area contributed by atoms with Crippen molar-refractivity contribution in [1.29, 1.82) is 0 Å². The lowest BCUT2D eigenvalue weighted by Crippen LogP contribution is -2.42. The van der Waals surface area contributed by atoms with Crippen LogP contribution in [0.1, 0.15) is 19.4 Å². The van der Waals surface area contributed by atoms with Gasteiger partial charge in [0, 0.05) is 31.5 Å². The maximum Gasteiger partial charge on any atom is 0.212 e. The quantitative estimate of drug-likeness (QED) is 0.797. The van der Waals surface area contributed by atoms with Crippen LogP contribution in [0, 0.1) is 0 Å². The van der Waals surface area contributed by atoms with Crippen molar-refractivity contribution >= 4 is 0 Å². The molecule has 0 fully saturated rings. The third-order valence-electron chi connectivity index (χ3n) is 2.28. The summed E-state index contributed by atoms with van der Waals surface area (Å²) in [6, 6.07) is 3.86. The van der Waals surface area contributed by atoms with Crippen LogP contribution in [0.25, 0.3) is 0 Å². The summed E-state index contributed by atoms with van der Waals surface area (Å²) < 4.78 is 10.1. The van der Waals surface area contributed by atoms with Gasteiger partial charge in [0.15, 0.2) is 0 Å².